The fourth-order valence-electron chi connectivity index (χ4n) is 11.1. The van der Waals surface area contributed by atoms with E-state index in [9.17, 15) is 38.4 Å². The molecule has 2 aliphatic heterocycles. The molecule has 0 bridgehead atoms. The molecule has 2 aliphatic carbocycles. The molecular weight excluding hydrogens is 976 g/mol. The number of amides is 8. The second-order valence-corrected chi connectivity index (χ2v) is 23.6. The molecule has 3 aromatic rings. The van der Waals surface area contributed by atoms with Crippen molar-refractivity contribution in [1.29, 1.82) is 0 Å². The summed E-state index contributed by atoms with van der Waals surface area (Å²) >= 11 is 0. The van der Waals surface area contributed by atoms with Crippen LogP contribution in [0.1, 0.15) is 149 Å². The van der Waals surface area contributed by atoms with Gasteiger partial charge in [-0.05, 0) is 118 Å². The Morgan fingerprint density at radius 2 is 0.987 bits per heavy atom. The Bertz CT molecular complexity index is 2720. The average molecular weight is 1060 g/mol. The highest BCUT2D eigenvalue weighted by Crippen LogP contribution is 2.34. The normalized spacial score (nSPS) is 22.7. The summed E-state index contributed by atoms with van der Waals surface area (Å²) in [6.45, 7) is 14.3. The second-order valence-electron chi connectivity index (χ2n) is 23.6. The average Bonchev–Trinajstić information content (AvgIpc) is 4.04. The molecule has 3 unspecified atom stereocenters. The van der Waals surface area contributed by atoms with Gasteiger partial charge in [-0.2, -0.15) is 0 Å². The van der Waals surface area contributed by atoms with Gasteiger partial charge in [0.05, 0.1) is 24.2 Å². The van der Waals surface area contributed by atoms with Gasteiger partial charge >= 0.3 is 0 Å². The molecule has 10 atom stereocenters. The van der Waals surface area contributed by atoms with Gasteiger partial charge in [-0.15, -0.1) is 0 Å². The lowest BCUT2D eigenvalue weighted by atomic mass is 9.85. The molecule has 4 aliphatic rings. The first-order valence-electron chi connectivity index (χ1n) is 27.2. The third-order valence-corrected chi connectivity index (χ3v) is 15.8. The maximum Gasteiger partial charge on any atom is 0.251 e. The quantitative estimate of drug-likeness (QED) is 0.0977. The highest BCUT2D eigenvalue weighted by atomic mass is 16.2. The molecular formula is C58H79BN10O8. The summed E-state index contributed by atoms with van der Waals surface area (Å²) in [5, 5.41) is 24.0. The van der Waals surface area contributed by atoms with Crippen LogP contribution in [-0.2, 0) is 41.6 Å². The minimum absolute atomic E-state index is 0.0177. The van der Waals surface area contributed by atoms with E-state index < -0.39 is 82.8 Å². The lowest BCUT2D eigenvalue weighted by Crippen LogP contribution is -2.59. The van der Waals surface area contributed by atoms with Gasteiger partial charge in [0.15, 0.2) is 0 Å². The molecule has 2 fully saturated rings. The molecule has 8 N–H and O–H groups in total. The first kappa shape index (κ1) is 58.1. The lowest BCUT2D eigenvalue weighted by molar-refractivity contribution is -0.144. The molecule has 0 spiro atoms. The fourth-order valence-corrected chi connectivity index (χ4v) is 11.1. The zero-order valence-electron chi connectivity index (χ0n) is 46.4. The van der Waals surface area contributed by atoms with Crippen molar-refractivity contribution in [3.63, 3.8) is 0 Å². The van der Waals surface area contributed by atoms with Crippen LogP contribution in [0.15, 0.2) is 66.7 Å². The fraction of sp³-hybridized carbons (Fsp3) is 0.552. The van der Waals surface area contributed by atoms with Gasteiger partial charge in [-0.25, -0.2) is 0 Å². The number of benzene rings is 3. The topological polar surface area (TPSA) is 239 Å². The number of likely N-dealkylation sites (N-methyl/N-ethyl adjacent to an activating group) is 2. The van der Waals surface area contributed by atoms with Crippen LogP contribution in [0, 0.1) is 10.8 Å². The predicted molar refractivity (Wildman–Crippen MR) is 295 cm³/mol. The van der Waals surface area contributed by atoms with Crippen LogP contribution in [0.5, 0.6) is 0 Å². The van der Waals surface area contributed by atoms with Crippen molar-refractivity contribution in [3.8, 4) is 0 Å². The summed E-state index contributed by atoms with van der Waals surface area (Å²) in [5.74, 6) is -3.68. The van der Waals surface area contributed by atoms with Gasteiger partial charge in [0.2, 0.25) is 35.4 Å². The Hall–Kier alpha value is -6.60. The van der Waals surface area contributed by atoms with Crippen molar-refractivity contribution in [3.05, 3.63) is 100 Å². The number of carbonyl (C=O) groups excluding carboxylic acids is 8. The molecule has 18 nitrogen and oxygen atoms in total. The third kappa shape index (κ3) is 13.6. The maximum atomic E-state index is 14.7. The Kier molecular flexibility index (Phi) is 18.4. The Balaban J connectivity index is 1.10. The van der Waals surface area contributed by atoms with E-state index in [1.165, 1.54) is 28.0 Å². The van der Waals surface area contributed by atoms with E-state index in [0.717, 1.165) is 54.4 Å². The number of nitrogens with zero attached hydrogens (tertiary/aromatic N) is 2. The molecule has 3 aromatic carbocycles. The van der Waals surface area contributed by atoms with E-state index in [4.69, 9.17) is 7.85 Å². The monoisotopic (exact) mass is 1050 g/mol. The van der Waals surface area contributed by atoms with Gasteiger partial charge in [0.1, 0.15) is 32.0 Å². The number of rotatable bonds is 16. The van der Waals surface area contributed by atoms with Crippen LogP contribution in [0.25, 0.3) is 0 Å². The van der Waals surface area contributed by atoms with Gasteiger partial charge < -0.3 is 52.3 Å². The molecule has 0 aromatic heterocycles. The number of carbonyl (C=O) groups is 8. The van der Waals surface area contributed by atoms with Gasteiger partial charge in [0.25, 0.3) is 11.8 Å². The number of hydrogen-bond acceptors (Lipinski definition) is 10. The van der Waals surface area contributed by atoms with Crippen molar-refractivity contribution < 1.29 is 38.4 Å². The minimum Gasteiger partial charge on any atom is -0.347 e. The van der Waals surface area contributed by atoms with E-state index in [-0.39, 0.29) is 78.2 Å². The number of nitrogens with one attached hydrogen (secondary N) is 8. The van der Waals surface area contributed by atoms with E-state index >= 15 is 0 Å². The van der Waals surface area contributed by atoms with Crippen LogP contribution >= 0.6 is 0 Å². The van der Waals surface area contributed by atoms with E-state index in [0.29, 0.717) is 6.42 Å². The molecule has 2 saturated heterocycles. The summed E-state index contributed by atoms with van der Waals surface area (Å²) in [6.07, 6.45) is 5.10. The van der Waals surface area contributed by atoms with E-state index in [1.807, 2.05) is 77.9 Å². The molecule has 2 heterocycles. The van der Waals surface area contributed by atoms with Crippen molar-refractivity contribution in [2.75, 3.05) is 27.2 Å². The van der Waals surface area contributed by atoms with Crippen LogP contribution < -0.4 is 48.0 Å². The summed E-state index contributed by atoms with van der Waals surface area (Å²) in [6, 6.07) is 13.0. The van der Waals surface area contributed by atoms with Crippen LogP contribution in [0.4, 0.5) is 0 Å². The van der Waals surface area contributed by atoms with E-state index in [2.05, 4.69) is 54.7 Å². The largest absolute Gasteiger partial charge is 0.347 e. The Morgan fingerprint density at radius 1 is 0.571 bits per heavy atom. The first-order chi connectivity index (χ1) is 36.4. The second kappa shape index (κ2) is 24.4. The smallest absolute Gasteiger partial charge is 0.251 e. The lowest BCUT2D eigenvalue weighted by Gasteiger charge is -2.36. The summed E-state index contributed by atoms with van der Waals surface area (Å²) in [7, 11) is 9.73. The first-order valence-corrected chi connectivity index (χ1v) is 27.2. The molecule has 19 heteroatoms. The highest BCUT2D eigenvalue weighted by Gasteiger charge is 2.48. The molecule has 7 rings (SSSR count). The summed E-state index contributed by atoms with van der Waals surface area (Å²) < 4.78 is 0. The van der Waals surface area contributed by atoms with Crippen molar-refractivity contribution >= 4 is 60.6 Å². The highest BCUT2D eigenvalue weighted by molar-refractivity contribution is 6.36. The zero-order chi connectivity index (χ0) is 56.1. The maximum absolute atomic E-state index is 14.7. The number of hydrogen-bond donors (Lipinski definition) is 8. The van der Waals surface area contributed by atoms with Gasteiger partial charge in [0, 0.05) is 36.3 Å². The molecule has 77 heavy (non-hydrogen) atoms. The SMILES string of the molecule is [B]c1ccc(C(=O)N[C@H]2CC(C(=O)N[C@@H]3CCCc4ccccc43)N(C(=O)[C@@H](NC(=O)[C@H](C)NC)C(C)(C)C)C2)cc1C(=O)N[C@H]1CC(C(=O)N[C@@H]2CCCc3ccccc32)N(C(=O)C(NC(=O)[C@H](C)NC)C(C)(C)C)C1. The van der Waals surface area contributed by atoms with E-state index in [1.54, 1.807) is 27.9 Å². The number of aryl methyl sites for hydroxylation is 2. The van der Waals surface area contributed by atoms with Crippen molar-refractivity contribution in [2.45, 2.75) is 167 Å². The third-order valence-electron chi connectivity index (χ3n) is 15.8. The minimum atomic E-state index is -1.02. The molecule has 8 amide bonds. The van der Waals surface area contributed by atoms with Gasteiger partial charge in [-0.3, -0.25) is 38.4 Å². The van der Waals surface area contributed by atoms with Crippen LogP contribution in [0.3, 0.4) is 0 Å². The Morgan fingerprint density at radius 3 is 1.40 bits per heavy atom. The zero-order valence-corrected chi connectivity index (χ0v) is 46.4. The summed E-state index contributed by atoms with van der Waals surface area (Å²) in [5.41, 5.74) is 2.97. The number of likely N-dealkylation sites (tertiary alicyclic amines) is 2. The van der Waals surface area contributed by atoms with Crippen LogP contribution in [0.2, 0.25) is 0 Å². The standard InChI is InChI=1S/C58H79BN10O8/c1-32(60-9)49(70)66-47(57(3,4)5)55(76)68-30-37(28-45(68)53(74)64-43-23-15-19-34-17-11-13-21-39(34)43)62-51(72)36-25-26-42(59)41(27-36)52(73)63-38-29-46(54(75)65-44-24-16-20-35-18-12-14-22-40(35)44)69(31-38)56(77)48(58(6,7)8)67-50(71)33(2)61-10/h11-14,17-18,21-22,25-27,32-33,37-38,43-48,60-61H,15-16,19-20,23-24,28-31H2,1-10H3,(H,62,72)(H,63,73)(H,64,74)(H,65,75)(H,66,70)(H,67,71)/t32-,33-,37-,38-,43+,44+,45?,46?,47+,48?/m0/s1. The molecule has 2 radical (unpaired) electrons. The number of fused-ring (bicyclic) bond motifs is 2. The van der Waals surface area contributed by atoms with Crippen molar-refractivity contribution in [2.24, 2.45) is 10.8 Å². The molecule has 0 saturated carbocycles. The van der Waals surface area contributed by atoms with Gasteiger partial charge in [-0.1, -0.05) is 108 Å². The molecule has 412 valence electrons. The van der Waals surface area contributed by atoms with Crippen LogP contribution in [-0.4, -0.2) is 140 Å². The Labute approximate surface area is 454 Å². The van der Waals surface area contributed by atoms with Crippen molar-refractivity contribution in [1.82, 2.24) is 52.3 Å². The predicted octanol–water partition coefficient (Wildman–Crippen LogP) is 2.54. The summed E-state index contributed by atoms with van der Waals surface area (Å²) in [4.78, 5) is 116.